The van der Waals surface area contributed by atoms with Gasteiger partial charge in [0, 0.05) is 39.7 Å². The van der Waals surface area contributed by atoms with E-state index in [1.54, 1.807) is 0 Å². The summed E-state index contributed by atoms with van der Waals surface area (Å²) in [7, 11) is 0. The van der Waals surface area contributed by atoms with E-state index in [-0.39, 0.29) is 5.41 Å². The summed E-state index contributed by atoms with van der Waals surface area (Å²) in [6, 6.07) is 65.5. The highest BCUT2D eigenvalue weighted by Gasteiger charge is 2.52. The van der Waals surface area contributed by atoms with Crippen LogP contribution in [-0.4, -0.2) is 0 Å². The second-order valence-corrected chi connectivity index (χ2v) is 16.0. The largest absolute Gasteiger partial charge is 0.456 e. The zero-order chi connectivity index (χ0) is 36.5. The molecule has 1 heterocycles. The number of para-hydroxylation sites is 1. The summed E-state index contributed by atoms with van der Waals surface area (Å²) in [5.74, 6) is 0. The summed E-state index contributed by atoms with van der Waals surface area (Å²) in [6.45, 7) is 5.44. The quantitative estimate of drug-likeness (QED) is 0.181. The van der Waals surface area contributed by atoms with Gasteiger partial charge in [0.1, 0.15) is 11.2 Å². The molecule has 0 atom stereocenters. The molecule has 1 spiro atoms. The van der Waals surface area contributed by atoms with Crippen LogP contribution in [0, 0.1) is 0 Å². The van der Waals surface area contributed by atoms with Gasteiger partial charge in [0.25, 0.3) is 0 Å². The maximum Gasteiger partial charge on any atom is 0.135 e. The van der Waals surface area contributed by atoms with Gasteiger partial charge in [-0.25, -0.2) is 0 Å². The molecule has 3 aliphatic carbocycles. The highest BCUT2D eigenvalue weighted by Crippen LogP contribution is 2.64. The molecule has 0 bridgehead atoms. The lowest BCUT2D eigenvalue weighted by molar-refractivity contribution is 0.660. The number of nitrogens with zero attached hydrogens (tertiary/aromatic N) is 1. The number of hydrogen-bond acceptors (Lipinski definition) is 2. The van der Waals surface area contributed by atoms with Crippen LogP contribution in [0.4, 0.5) is 11.4 Å². The van der Waals surface area contributed by atoms with Crippen LogP contribution < -0.4 is 4.90 Å². The Bertz CT molecular complexity index is 3020. The van der Waals surface area contributed by atoms with Gasteiger partial charge in [-0.05, 0) is 103 Å². The fourth-order valence-corrected chi connectivity index (χ4v) is 10.6. The third-order valence-corrected chi connectivity index (χ3v) is 13.0. The van der Waals surface area contributed by atoms with Crippen LogP contribution in [0.2, 0.25) is 0 Å². The maximum atomic E-state index is 6.28. The van der Waals surface area contributed by atoms with Gasteiger partial charge >= 0.3 is 0 Å². The third kappa shape index (κ3) is 3.99. The molecule has 0 radical (unpaired) electrons. The molecule has 9 aromatic rings. The van der Waals surface area contributed by atoms with Crippen LogP contribution in [0.1, 0.15) is 52.8 Å². The average Bonchev–Trinajstić information content (AvgIpc) is 3.92. The lowest BCUT2D eigenvalue weighted by Crippen LogP contribution is -2.26. The number of anilines is 2. The van der Waals surface area contributed by atoms with Crippen molar-refractivity contribution in [1.29, 1.82) is 0 Å². The first-order valence-corrected chi connectivity index (χ1v) is 19.4. The van der Waals surface area contributed by atoms with Crippen molar-refractivity contribution in [1.82, 2.24) is 0 Å². The lowest BCUT2D eigenvalue weighted by atomic mass is 9.70. The predicted octanol–water partition coefficient (Wildman–Crippen LogP) is 13.6. The van der Waals surface area contributed by atoms with Gasteiger partial charge in [0.05, 0.1) is 5.41 Å². The van der Waals surface area contributed by atoms with Crippen molar-refractivity contribution < 1.29 is 4.42 Å². The van der Waals surface area contributed by atoms with E-state index in [9.17, 15) is 0 Å². The smallest absolute Gasteiger partial charge is 0.135 e. The second kappa shape index (κ2) is 11.0. The fraction of sp³-hybridized carbons (Fsp3) is 0.0943. The lowest BCUT2D eigenvalue weighted by Gasteiger charge is -2.32. The van der Waals surface area contributed by atoms with Crippen molar-refractivity contribution >= 4 is 33.3 Å². The minimum atomic E-state index is -0.406. The molecule has 260 valence electrons. The molecule has 3 aliphatic rings. The van der Waals surface area contributed by atoms with Crippen molar-refractivity contribution in [3.63, 3.8) is 0 Å². The summed E-state index contributed by atoms with van der Waals surface area (Å²) in [6.07, 6.45) is 0. The Morgan fingerprint density at radius 3 is 1.75 bits per heavy atom. The Hall–Kier alpha value is -6.64. The molecule has 0 unspecified atom stereocenters. The number of fused-ring (bicyclic) bond motifs is 16. The van der Waals surface area contributed by atoms with Crippen molar-refractivity contribution in [3.05, 3.63) is 215 Å². The molecular weight excluding hydrogens is 667 g/mol. The van der Waals surface area contributed by atoms with Gasteiger partial charge in [-0.2, -0.15) is 0 Å². The number of furan rings is 1. The van der Waals surface area contributed by atoms with E-state index in [2.05, 4.69) is 189 Å². The van der Waals surface area contributed by atoms with Crippen LogP contribution in [-0.2, 0) is 17.4 Å². The topological polar surface area (TPSA) is 16.4 Å². The van der Waals surface area contributed by atoms with E-state index in [1.807, 2.05) is 6.07 Å². The number of hydrogen-bond donors (Lipinski definition) is 0. The molecule has 55 heavy (non-hydrogen) atoms. The molecule has 0 fully saturated rings. The SMILES string of the molecule is CC1(C)c2ccccc2-c2ccc(N(Cc3ccc4oc5ccccc5c4c3)c3cccc4c3-c3ccccc3C43c4ccccc4-c4ccccc43)cc21. The van der Waals surface area contributed by atoms with E-state index in [1.165, 1.54) is 83.7 Å². The van der Waals surface area contributed by atoms with Gasteiger partial charge < -0.3 is 9.32 Å². The Morgan fingerprint density at radius 2 is 1.00 bits per heavy atom. The van der Waals surface area contributed by atoms with Crippen LogP contribution in [0.5, 0.6) is 0 Å². The highest BCUT2D eigenvalue weighted by molar-refractivity contribution is 6.05. The normalized spacial score (nSPS) is 14.7. The minimum Gasteiger partial charge on any atom is -0.456 e. The Balaban J connectivity index is 1.12. The summed E-state index contributed by atoms with van der Waals surface area (Å²) < 4.78 is 6.28. The molecule has 0 N–H and O–H groups in total. The molecule has 2 nitrogen and oxygen atoms in total. The molecule has 0 saturated heterocycles. The standard InChI is InChI=1S/C53H37NO/c1-52(2)42-19-8-3-14-35(42)38-28-27-34(31-47(38)52)54(32-33-26-29-50-41(30-33)39-17-7-12-25-49(39)55-50)48-24-13-23-46-51(48)40-18-6-11-22-45(40)53(46)43-20-9-4-15-36(43)37-16-5-10-21-44(37)53/h3-31H,32H2,1-2H3. The number of benzene rings is 8. The van der Waals surface area contributed by atoms with Crippen molar-refractivity contribution in [2.75, 3.05) is 4.90 Å². The molecule has 1 aromatic heterocycles. The van der Waals surface area contributed by atoms with Crippen molar-refractivity contribution in [2.24, 2.45) is 0 Å². The Morgan fingerprint density at radius 1 is 0.436 bits per heavy atom. The van der Waals surface area contributed by atoms with E-state index < -0.39 is 5.41 Å². The summed E-state index contributed by atoms with van der Waals surface area (Å²) >= 11 is 0. The first-order valence-electron chi connectivity index (χ1n) is 19.4. The first-order chi connectivity index (χ1) is 27.0. The third-order valence-electron chi connectivity index (χ3n) is 13.0. The molecule has 12 rings (SSSR count). The van der Waals surface area contributed by atoms with Gasteiger partial charge in [0.2, 0.25) is 0 Å². The minimum absolute atomic E-state index is 0.116. The average molecular weight is 704 g/mol. The molecule has 0 saturated carbocycles. The summed E-state index contributed by atoms with van der Waals surface area (Å²) in [5.41, 5.74) is 21.1. The predicted molar refractivity (Wildman–Crippen MR) is 226 cm³/mol. The van der Waals surface area contributed by atoms with Crippen molar-refractivity contribution in [2.45, 2.75) is 31.2 Å². The van der Waals surface area contributed by atoms with Gasteiger partial charge in [-0.1, -0.05) is 153 Å². The van der Waals surface area contributed by atoms with E-state index in [4.69, 9.17) is 4.42 Å². The van der Waals surface area contributed by atoms with Crippen molar-refractivity contribution in [3.8, 4) is 33.4 Å². The maximum absolute atomic E-state index is 6.28. The highest BCUT2D eigenvalue weighted by atomic mass is 16.3. The van der Waals surface area contributed by atoms with Gasteiger partial charge in [0.15, 0.2) is 0 Å². The molecule has 2 heteroatoms. The second-order valence-electron chi connectivity index (χ2n) is 16.0. The van der Waals surface area contributed by atoms with E-state index in [0.717, 1.165) is 21.9 Å². The van der Waals surface area contributed by atoms with Crippen LogP contribution in [0.3, 0.4) is 0 Å². The van der Waals surface area contributed by atoms with Crippen LogP contribution >= 0.6 is 0 Å². The summed E-state index contributed by atoms with van der Waals surface area (Å²) in [5, 5.41) is 2.30. The zero-order valence-corrected chi connectivity index (χ0v) is 30.8. The molecule has 8 aromatic carbocycles. The zero-order valence-electron chi connectivity index (χ0n) is 30.8. The van der Waals surface area contributed by atoms with E-state index in [0.29, 0.717) is 6.54 Å². The van der Waals surface area contributed by atoms with Crippen LogP contribution in [0.25, 0.3) is 55.3 Å². The monoisotopic (exact) mass is 703 g/mol. The molecule has 0 amide bonds. The fourth-order valence-electron chi connectivity index (χ4n) is 10.6. The van der Waals surface area contributed by atoms with Gasteiger partial charge in [-0.15, -0.1) is 0 Å². The first kappa shape index (κ1) is 30.8. The molecule has 0 aliphatic heterocycles. The van der Waals surface area contributed by atoms with E-state index >= 15 is 0 Å². The summed E-state index contributed by atoms with van der Waals surface area (Å²) in [4.78, 5) is 2.57. The van der Waals surface area contributed by atoms with Gasteiger partial charge in [-0.3, -0.25) is 0 Å². The number of rotatable bonds is 4. The Labute approximate surface area is 320 Å². The Kier molecular flexibility index (Phi) is 6.14. The van der Waals surface area contributed by atoms with Crippen LogP contribution in [0.15, 0.2) is 180 Å². The molecular formula is C53H37NO.